The summed E-state index contributed by atoms with van der Waals surface area (Å²) in [6, 6.07) is 11.0. The predicted octanol–water partition coefficient (Wildman–Crippen LogP) is 4.66. The summed E-state index contributed by atoms with van der Waals surface area (Å²) in [5.41, 5.74) is -1.96. The van der Waals surface area contributed by atoms with Gasteiger partial charge in [0.15, 0.2) is 0 Å². The molecule has 7 rings (SSSR count). The van der Waals surface area contributed by atoms with Gasteiger partial charge in [-0.25, -0.2) is 0 Å². The van der Waals surface area contributed by atoms with Crippen molar-refractivity contribution in [1.82, 2.24) is 0 Å². The Hall–Kier alpha value is -2.01. The topological polar surface area (TPSA) is 12.4 Å². The fraction of sp³-hybridized carbons (Fsp3) is 0.312. The molecule has 0 saturated carbocycles. The van der Waals surface area contributed by atoms with E-state index in [-0.39, 0.29) is 74.6 Å². The fourth-order valence-electron chi connectivity index (χ4n) is 6.59. The summed E-state index contributed by atoms with van der Waals surface area (Å²) >= 11 is 0. The van der Waals surface area contributed by atoms with E-state index in [1.165, 1.54) is 16.9 Å². The van der Waals surface area contributed by atoms with Crippen LogP contribution in [0.5, 0.6) is 0 Å². The number of alkyl halides is 9. The third kappa shape index (κ3) is 5.94. The third-order valence-electron chi connectivity index (χ3n) is 8.55. The number of halogens is 11. The van der Waals surface area contributed by atoms with E-state index in [1.54, 1.807) is 28.6 Å². The van der Waals surface area contributed by atoms with Gasteiger partial charge in [-0.05, 0) is 46.0 Å². The van der Waals surface area contributed by atoms with Gasteiger partial charge in [-0.3, -0.25) is 4.99 Å². The van der Waals surface area contributed by atoms with Crippen LogP contribution in [0.2, 0.25) is 13.1 Å². The van der Waals surface area contributed by atoms with Crippen molar-refractivity contribution >= 4 is 24.6 Å². The number of allylic oxidation sites excluding steroid dienone is 5. The van der Waals surface area contributed by atoms with Crippen molar-refractivity contribution in [1.29, 1.82) is 0 Å². The molecule has 0 amide bonds. The zero-order valence-corrected chi connectivity index (χ0v) is 30.0. The first-order chi connectivity index (χ1) is 19.7. The molecule has 0 atom stereocenters. The predicted molar refractivity (Wildman–Crippen MR) is 153 cm³/mol. The number of nitrogens with zero attached hydrogens (tertiary/aromatic N) is 1. The minimum atomic E-state index is -6.64. The van der Waals surface area contributed by atoms with Crippen molar-refractivity contribution < 1.29 is 90.5 Å². The summed E-state index contributed by atoms with van der Waals surface area (Å²) in [6.07, 6.45) is -15.8. The first-order valence-electron chi connectivity index (χ1n) is 13.5. The van der Waals surface area contributed by atoms with Gasteiger partial charge in [0, 0.05) is 11.8 Å². The number of aliphatic imine (C=N–C) groups is 1. The van der Waals surface area contributed by atoms with Crippen LogP contribution in [0.3, 0.4) is 0 Å². The van der Waals surface area contributed by atoms with Crippen LogP contribution in [0, 0.1) is 0 Å². The maximum absolute atomic E-state index is 13.3. The molecule has 1 aliphatic carbocycles. The fourth-order valence-corrected chi connectivity index (χ4v) is 10.4. The average molecular weight is 787 g/mol. The molecular formula is C32H27Cl2F9NSiZr. The monoisotopic (exact) mass is 784 g/mol. The third-order valence-corrected chi connectivity index (χ3v) is 12.3. The van der Waals surface area contributed by atoms with Gasteiger partial charge in [0.25, 0.3) is 5.41 Å². The van der Waals surface area contributed by atoms with E-state index in [1.807, 2.05) is 32.2 Å². The summed E-state index contributed by atoms with van der Waals surface area (Å²) in [7, 11) is -1.13. The molecule has 3 aliphatic heterocycles. The Balaban J connectivity index is 0.000000409. The average Bonchev–Trinajstić information content (AvgIpc) is 3.59. The molecular weight excluding hydrogens is 760 g/mol. The number of fused-ring (bicyclic) bond motifs is 1. The summed E-state index contributed by atoms with van der Waals surface area (Å²) in [4.78, 5) is 4.42. The van der Waals surface area contributed by atoms with Crippen molar-refractivity contribution in [3.8, 4) is 11.1 Å². The van der Waals surface area contributed by atoms with E-state index < -0.39 is 37.6 Å². The van der Waals surface area contributed by atoms with Gasteiger partial charge in [-0.15, -0.1) is 34.5 Å². The van der Waals surface area contributed by atoms with Gasteiger partial charge in [0.2, 0.25) is 0 Å². The molecule has 0 saturated heterocycles. The van der Waals surface area contributed by atoms with Crippen LogP contribution in [0.4, 0.5) is 39.5 Å². The second kappa shape index (κ2) is 13.1. The maximum atomic E-state index is 13.3. The van der Waals surface area contributed by atoms with Crippen LogP contribution >= 0.6 is 0 Å². The first kappa shape index (κ1) is 40.2. The van der Waals surface area contributed by atoms with Crippen molar-refractivity contribution in [2.45, 2.75) is 63.7 Å². The Morgan fingerprint density at radius 2 is 1.33 bits per heavy atom. The largest absolute Gasteiger partial charge is 3.00 e. The van der Waals surface area contributed by atoms with Gasteiger partial charge >= 0.3 is 44.7 Å². The van der Waals surface area contributed by atoms with Crippen molar-refractivity contribution in [2.24, 2.45) is 4.99 Å². The molecule has 3 heterocycles. The van der Waals surface area contributed by atoms with Crippen molar-refractivity contribution in [3.63, 3.8) is 0 Å². The molecule has 1 nitrogen and oxygen atoms in total. The number of hydrogen-bond acceptors (Lipinski definition) is 1. The molecule has 3 aromatic carbocycles. The van der Waals surface area contributed by atoms with E-state index in [0.717, 1.165) is 23.1 Å². The van der Waals surface area contributed by atoms with Gasteiger partial charge in [0.05, 0.1) is 5.71 Å². The Labute approximate surface area is 293 Å². The summed E-state index contributed by atoms with van der Waals surface area (Å²) in [5, 5.41) is 4.77. The van der Waals surface area contributed by atoms with Gasteiger partial charge in [0.1, 0.15) is 8.07 Å². The smallest absolute Gasteiger partial charge is 1.00 e. The second-order valence-electron chi connectivity index (χ2n) is 11.8. The Kier molecular flexibility index (Phi) is 11.5. The van der Waals surface area contributed by atoms with E-state index in [9.17, 15) is 39.5 Å². The van der Waals surface area contributed by atoms with Crippen LogP contribution in [0.25, 0.3) is 21.9 Å². The van der Waals surface area contributed by atoms with Crippen LogP contribution in [0.15, 0.2) is 93.4 Å². The minimum Gasteiger partial charge on any atom is -1.00 e. The molecule has 245 valence electrons. The molecule has 0 unspecified atom stereocenters. The maximum Gasteiger partial charge on any atom is 3.00 e. The molecule has 0 spiro atoms. The zero-order chi connectivity index (χ0) is 31.9. The molecule has 2 bridgehead atoms. The van der Waals surface area contributed by atoms with E-state index in [0.29, 0.717) is 10.9 Å². The Bertz CT molecular complexity index is 1700. The number of rotatable bonds is 3. The van der Waals surface area contributed by atoms with Gasteiger partial charge in [-0.1, -0.05) is 62.8 Å². The molecule has 46 heavy (non-hydrogen) atoms. The van der Waals surface area contributed by atoms with E-state index >= 15 is 0 Å². The van der Waals surface area contributed by atoms with Crippen molar-refractivity contribution in [3.05, 3.63) is 99.5 Å². The van der Waals surface area contributed by atoms with Crippen LogP contribution in [-0.2, 0) is 31.6 Å². The van der Waals surface area contributed by atoms with Gasteiger partial charge < -0.3 is 24.8 Å². The molecule has 0 aromatic heterocycles. The number of benzene rings is 2. The minimum absolute atomic E-state index is 0. The van der Waals surface area contributed by atoms with E-state index in [4.69, 9.17) is 0 Å². The van der Waals surface area contributed by atoms with Gasteiger partial charge in [-0.2, -0.15) is 45.6 Å². The van der Waals surface area contributed by atoms with Crippen LogP contribution < -0.4 is 24.8 Å². The Morgan fingerprint density at radius 1 is 0.783 bits per heavy atom. The molecule has 1 radical (unpaired) electrons. The summed E-state index contributed by atoms with van der Waals surface area (Å²) in [5.74, 6) is 0.175. The standard InChI is InChI=1S/C22H16F9.C10H11NSi.2ClH.Zr/c1-12(2)15-10-14-4-3-5-17(18(14)11-15)13-6-8-16(9-7-13)19(20(23,24)25,21(26,27)28)22(29,30)31;1-6-9-7-4-5-11-8(7)10(6)12(9,2)3;;;/h3-12H,1-2H3;4-5H,1-3H3;2*1H;/q-1;;;;+3/p-2. The molecule has 3 aromatic rings. The second-order valence-corrected chi connectivity index (χ2v) is 16.0. The number of hydrogen-bond donors (Lipinski definition) is 0. The summed E-state index contributed by atoms with van der Waals surface area (Å²) in [6.45, 7) is 11.0. The van der Waals surface area contributed by atoms with Crippen LogP contribution in [-0.4, -0.2) is 32.3 Å². The van der Waals surface area contributed by atoms with Crippen molar-refractivity contribution in [2.75, 3.05) is 0 Å². The molecule has 0 N–H and O–H groups in total. The molecule has 14 heteroatoms. The molecule has 4 aliphatic rings. The van der Waals surface area contributed by atoms with Crippen LogP contribution in [0.1, 0.15) is 37.8 Å². The van der Waals surface area contributed by atoms with E-state index in [2.05, 4.69) is 31.1 Å². The Morgan fingerprint density at radius 3 is 1.78 bits per heavy atom. The quantitative estimate of drug-likeness (QED) is 0.209. The summed E-state index contributed by atoms with van der Waals surface area (Å²) < 4.78 is 120. The SMILES string of the molecule is CC(C)c1cc2c(-c3ccc(C(C(F)(F)F)(C(F)(F)F)C(F)(F)F)cc3)cccc2[cH-]1.CC1=C2C3=NC=CC3=C1[Si]2(C)C.[Cl-].[Cl-].[Zr+3]. The normalized spacial score (nSPS) is 16.6. The first-order valence-corrected chi connectivity index (χ1v) is 16.5. The zero-order valence-electron chi connectivity index (χ0n) is 25.0. The molecule has 0 fully saturated rings.